The first-order valence-corrected chi connectivity index (χ1v) is 12.3. The second-order valence-corrected chi connectivity index (χ2v) is 9.92. The van der Waals surface area contributed by atoms with Crippen LogP contribution in [0.25, 0.3) is 16.6 Å². The number of carbonyl (C=O) groups excluding carboxylic acids is 1. The largest absolute Gasteiger partial charge is 0.370 e. The van der Waals surface area contributed by atoms with E-state index in [1.807, 2.05) is 50.0 Å². The van der Waals surface area contributed by atoms with Gasteiger partial charge in [0.05, 0.1) is 23.1 Å². The van der Waals surface area contributed by atoms with Crippen molar-refractivity contribution in [3.8, 4) is 0 Å². The molecule has 0 bridgehead atoms. The number of rotatable bonds is 5. The number of benzene rings is 1. The van der Waals surface area contributed by atoms with Crippen LogP contribution in [0.15, 0.2) is 30.7 Å². The molecule has 0 radical (unpaired) electrons. The van der Waals surface area contributed by atoms with Crippen molar-refractivity contribution in [2.75, 3.05) is 29.9 Å². The fourth-order valence-corrected chi connectivity index (χ4v) is 5.61. The molecular weight excluding hydrogens is 440 g/mol. The highest BCUT2D eigenvalue weighted by atomic mass is 16.1. The fraction of sp³-hybridized carbons (Fsp3) is 0.462. The third-order valence-corrected chi connectivity index (χ3v) is 7.00. The van der Waals surface area contributed by atoms with E-state index in [2.05, 4.69) is 57.4 Å². The molecule has 0 saturated carbocycles. The maximum atomic E-state index is 13.3. The molecule has 4 aromatic rings. The molecule has 1 amide bonds. The summed E-state index contributed by atoms with van der Waals surface area (Å²) >= 11 is 0. The normalized spacial score (nSPS) is 20.6. The molecule has 3 aromatic heterocycles. The lowest BCUT2D eigenvalue weighted by atomic mass is 9.85. The highest BCUT2D eigenvalue weighted by Crippen LogP contribution is 2.33. The van der Waals surface area contributed by atoms with Crippen LogP contribution >= 0.6 is 0 Å². The van der Waals surface area contributed by atoms with Crippen molar-refractivity contribution in [1.82, 2.24) is 29.5 Å². The van der Waals surface area contributed by atoms with E-state index >= 15 is 0 Å². The highest BCUT2D eigenvalue weighted by Gasteiger charge is 2.32. The molecule has 2 unspecified atom stereocenters. The van der Waals surface area contributed by atoms with Crippen molar-refractivity contribution >= 4 is 34.0 Å². The van der Waals surface area contributed by atoms with Crippen LogP contribution in [0.1, 0.15) is 42.5 Å². The van der Waals surface area contributed by atoms with Gasteiger partial charge >= 0.3 is 0 Å². The SMILES string of the molecule is CCNC1C(C)CN(c2ccc(C(=O)Nc3cn4cc(C)nc(C)c4n3)c3nn(C)cc23)CC1C. The summed E-state index contributed by atoms with van der Waals surface area (Å²) in [7, 11) is 1.90. The molecule has 9 heteroatoms. The van der Waals surface area contributed by atoms with E-state index in [9.17, 15) is 4.79 Å². The van der Waals surface area contributed by atoms with E-state index < -0.39 is 0 Å². The number of fused-ring (bicyclic) bond motifs is 2. The lowest BCUT2D eigenvalue weighted by Crippen LogP contribution is -2.53. The van der Waals surface area contributed by atoms with Crippen LogP contribution in [0, 0.1) is 25.7 Å². The second kappa shape index (κ2) is 8.96. The van der Waals surface area contributed by atoms with E-state index in [-0.39, 0.29) is 5.91 Å². The average Bonchev–Trinajstić information content (AvgIpc) is 3.37. The Balaban J connectivity index is 1.45. The molecule has 2 atom stereocenters. The molecule has 1 saturated heterocycles. The summed E-state index contributed by atoms with van der Waals surface area (Å²) in [6.45, 7) is 13.6. The van der Waals surface area contributed by atoms with Gasteiger partial charge in [-0.1, -0.05) is 20.8 Å². The highest BCUT2D eigenvalue weighted by molar-refractivity contribution is 6.13. The number of piperidine rings is 1. The van der Waals surface area contributed by atoms with Gasteiger partial charge in [0, 0.05) is 49.6 Å². The standard InChI is InChI=1S/C26H34N8O/c1-7-27-23-15(2)10-33(11-16(23)3)21-9-8-19(24-20(21)13-32(6)31-24)26(35)30-22-14-34-12-17(4)28-18(5)25(34)29-22/h8-9,12-16,23,27H,7,10-11H2,1-6H3,(H,30,35). The molecule has 9 nitrogen and oxygen atoms in total. The first-order chi connectivity index (χ1) is 16.7. The van der Waals surface area contributed by atoms with Crippen molar-refractivity contribution in [3.63, 3.8) is 0 Å². The first kappa shape index (κ1) is 23.3. The molecule has 1 aliphatic heterocycles. The molecule has 4 heterocycles. The quantitative estimate of drug-likeness (QED) is 0.460. The summed E-state index contributed by atoms with van der Waals surface area (Å²) in [4.78, 5) is 24.8. The zero-order valence-electron chi connectivity index (χ0n) is 21.3. The Labute approximate surface area is 205 Å². The van der Waals surface area contributed by atoms with Gasteiger partial charge in [0.2, 0.25) is 0 Å². The Morgan fingerprint density at radius 1 is 1.09 bits per heavy atom. The van der Waals surface area contributed by atoms with Gasteiger partial charge in [0.25, 0.3) is 5.91 Å². The van der Waals surface area contributed by atoms with E-state index in [0.717, 1.165) is 47.7 Å². The van der Waals surface area contributed by atoms with Crippen molar-refractivity contribution in [2.24, 2.45) is 18.9 Å². The maximum Gasteiger partial charge on any atom is 0.259 e. The maximum absolute atomic E-state index is 13.3. The van der Waals surface area contributed by atoms with Crippen LogP contribution in [0.2, 0.25) is 0 Å². The Hall–Kier alpha value is -3.46. The minimum atomic E-state index is -0.224. The van der Waals surface area contributed by atoms with Gasteiger partial charge < -0.3 is 19.9 Å². The molecule has 1 aliphatic rings. The molecule has 1 fully saturated rings. The number of imidazole rings is 1. The summed E-state index contributed by atoms with van der Waals surface area (Å²) in [5.41, 5.74) is 4.82. The smallest absolute Gasteiger partial charge is 0.259 e. The number of amides is 1. The van der Waals surface area contributed by atoms with Crippen LogP contribution in [0.5, 0.6) is 0 Å². The van der Waals surface area contributed by atoms with Gasteiger partial charge in [-0.3, -0.25) is 14.5 Å². The lowest BCUT2D eigenvalue weighted by molar-refractivity contribution is 0.102. The number of hydrogen-bond donors (Lipinski definition) is 2. The molecule has 0 spiro atoms. The molecule has 184 valence electrons. The van der Waals surface area contributed by atoms with Gasteiger partial charge in [-0.15, -0.1) is 0 Å². The summed E-state index contributed by atoms with van der Waals surface area (Å²) in [5, 5.41) is 12.3. The van der Waals surface area contributed by atoms with Crippen molar-refractivity contribution in [1.29, 1.82) is 0 Å². The minimum absolute atomic E-state index is 0.224. The van der Waals surface area contributed by atoms with E-state index in [1.165, 1.54) is 0 Å². The zero-order valence-corrected chi connectivity index (χ0v) is 21.3. The number of aromatic nitrogens is 5. The molecule has 2 N–H and O–H groups in total. The zero-order chi connectivity index (χ0) is 24.9. The number of anilines is 2. The van der Waals surface area contributed by atoms with Crippen LogP contribution in [0.4, 0.5) is 11.5 Å². The molecule has 1 aromatic carbocycles. The topological polar surface area (TPSA) is 92.4 Å². The van der Waals surface area contributed by atoms with Gasteiger partial charge in [-0.05, 0) is 44.4 Å². The number of aryl methyl sites for hydroxylation is 3. The second-order valence-electron chi connectivity index (χ2n) is 9.92. The molecule has 35 heavy (non-hydrogen) atoms. The summed E-state index contributed by atoms with van der Waals surface area (Å²) in [6, 6.07) is 4.46. The average molecular weight is 475 g/mol. The molecule has 5 rings (SSSR count). The third-order valence-electron chi connectivity index (χ3n) is 7.00. The number of carbonyl (C=O) groups is 1. The first-order valence-electron chi connectivity index (χ1n) is 12.3. The van der Waals surface area contributed by atoms with E-state index in [1.54, 1.807) is 4.68 Å². The number of nitrogens with zero attached hydrogens (tertiary/aromatic N) is 6. The van der Waals surface area contributed by atoms with Crippen molar-refractivity contribution < 1.29 is 4.79 Å². The Bertz CT molecular complexity index is 1390. The van der Waals surface area contributed by atoms with Crippen LogP contribution in [-0.4, -0.2) is 55.7 Å². The van der Waals surface area contributed by atoms with Gasteiger partial charge in [0.1, 0.15) is 5.52 Å². The number of hydrogen-bond acceptors (Lipinski definition) is 6. The summed E-state index contributed by atoms with van der Waals surface area (Å²) < 4.78 is 3.68. The van der Waals surface area contributed by atoms with Gasteiger partial charge in [-0.2, -0.15) is 5.10 Å². The lowest BCUT2D eigenvalue weighted by Gasteiger charge is -2.43. The van der Waals surface area contributed by atoms with Crippen LogP contribution in [-0.2, 0) is 7.05 Å². The van der Waals surface area contributed by atoms with E-state index in [4.69, 9.17) is 0 Å². The van der Waals surface area contributed by atoms with Gasteiger partial charge in [0.15, 0.2) is 11.5 Å². The predicted octanol–water partition coefficient (Wildman–Crippen LogP) is 3.56. The Morgan fingerprint density at radius 3 is 2.54 bits per heavy atom. The predicted molar refractivity (Wildman–Crippen MR) is 139 cm³/mol. The Kier molecular flexibility index (Phi) is 5.96. The van der Waals surface area contributed by atoms with Crippen molar-refractivity contribution in [2.45, 2.75) is 40.7 Å². The Morgan fingerprint density at radius 2 is 1.83 bits per heavy atom. The summed E-state index contributed by atoms with van der Waals surface area (Å²) in [6.07, 6.45) is 5.73. The minimum Gasteiger partial charge on any atom is -0.370 e. The van der Waals surface area contributed by atoms with E-state index in [0.29, 0.717) is 34.8 Å². The summed E-state index contributed by atoms with van der Waals surface area (Å²) in [5.74, 6) is 1.31. The van der Waals surface area contributed by atoms with Crippen LogP contribution in [0.3, 0.4) is 0 Å². The van der Waals surface area contributed by atoms with Gasteiger partial charge in [-0.25, -0.2) is 4.98 Å². The monoisotopic (exact) mass is 474 g/mol. The molecule has 0 aliphatic carbocycles. The van der Waals surface area contributed by atoms with Crippen LogP contribution < -0.4 is 15.5 Å². The third kappa shape index (κ3) is 4.25. The number of nitrogens with one attached hydrogen (secondary N) is 2. The van der Waals surface area contributed by atoms with Crippen molar-refractivity contribution in [3.05, 3.63) is 47.7 Å². The molecular formula is C26H34N8O. The fourth-order valence-electron chi connectivity index (χ4n) is 5.61.